The Kier molecular flexibility index (Phi) is 5.67. The van der Waals surface area contributed by atoms with Crippen molar-refractivity contribution in [2.75, 3.05) is 25.5 Å². The van der Waals surface area contributed by atoms with Gasteiger partial charge in [0.25, 0.3) is 0 Å². The standard InChI is InChI=1S/C19H27N3O3S/c1-3-12-22(2)26(24,25)17-10-8-16(9-11-17)20-13-18(23)21-19(14-4-5-14)15-6-7-15/h3,8-11,14-15,19-20H,1,4-7,12-13H2,2H3,(H,21,23). The number of amides is 1. The van der Waals surface area contributed by atoms with Crippen LogP contribution in [0, 0.1) is 11.8 Å². The first kappa shape index (κ1) is 18.9. The first-order valence-corrected chi connectivity index (χ1v) is 10.6. The van der Waals surface area contributed by atoms with Gasteiger partial charge < -0.3 is 10.6 Å². The highest BCUT2D eigenvalue weighted by atomic mass is 32.2. The highest BCUT2D eigenvalue weighted by Crippen LogP contribution is 2.44. The topological polar surface area (TPSA) is 78.5 Å². The molecule has 2 saturated carbocycles. The molecule has 0 bridgehead atoms. The van der Waals surface area contributed by atoms with Crippen LogP contribution < -0.4 is 10.6 Å². The SMILES string of the molecule is C=CCN(C)S(=O)(=O)c1ccc(NCC(=O)NC(C2CC2)C2CC2)cc1. The van der Waals surface area contributed by atoms with Gasteiger partial charge in [-0.3, -0.25) is 4.79 Å². The van der Waals surface area contributed by atoms with Crippen molar-refractivity contribution in [3.8, 4) is 0 Å². The van der Waals surface area contributed by atoms with E-state index in [9.17, 15) is 13.2 Å². The molecular formula is C19H27N3O3S. The number of sulfonamides is 1. The normalized spacial score (nSPS) is 17.3. The molecule has 6 nitrogen and oxygen atoms in total. The third-order valence-electron chi connectivity index (χ3n) is 4.99. The second kappa shape index (κ2) is 7.80. The van der Waals surface area contributed by atoms with E-state index in [1.54, 1.807) is 30.3 Å². The zero-order valence-corrected chi connectivity index (χ0v) is 16.0. The fraction of sp³-hybridized carbons (Fsp3) is 0.526. The summed E-state index contributed by atoms with van der Waals surface area (Å²) in [6, 6.07) is 6.80. The number of carbonyl (C=O) groups is 1. The average Bonchev–Trinajstić information content (AvgIpc) is 3.51. The van der Waals surface area contributed by atoms with Crippen LogP contribution in [0.2, 0.25) is 0 Å². The number of benzene rings is 1. The maximum atomic E-state index is 12.4. The predicted molar refractivity (Wildman–Crippen MR) is 102 cm³/mol. The Hall–Kier alpha value is -1.86. The lowest BCUT2D eigenvalue weighted by atomic mass is 10.1. The lowest BCUT2D eigenvalue weighted by molar-refractivity contribution is -0.120. The smallest absolute Gasteiger partial charge is 0.243 e. The van der Waals surface area contributed by atoms with Gasteiger partial charge in [0, 0.05) is 25.3 Å². The van der Waals surface area contributed by atoms with Crippen molar-refractivity contribution in [3.63, 3.8) is 0 Å². The largest absolute Gasteiger partial charge is 0.376 e. The van der Waals surface area contributed by atoms with Crippen molar-refractivity contribution in [1.82, 2.24) is 9.62 Å². The fourth-order valence-corrected chi connectivity index (χ4v) is 4.30. The van der Waals surface area contributed by atoms with Crippen LogP contribution in [-0.2, 0) is 14.8 Å². The predicted octanol–water partition coefficient (Wildman–Crippen LogP) is 2.21. The number of likely N-dealkylation sites (N-methyl/N-ethyl adjacent to an activating group) is 1. The van der Waals surface area contributed by atoms with Crippen molar-refractivity contribution in [3.05, 3.63) is 36.9 Å². The van der Waals surface area contributed by atoms with E-state index >= 15 is 0 Å². The molecule has 1 amide bonds. The number of hydrogen-bond acceptors (Lipinski definition) is 4. The van der Waals surface area contributed by atoms with Crippen LogP contribution in [0.4, 0.5) is 5.69 Å². The summed E-state index contributed by atoms with van der Waals surface area (Å²) in [5.41, 5.74) is 0.722. The van der Waals surface area contributed by atoms with Gasteiger partial charge in [0.1, 0.15) is 0 Å². The summed E-state index contributed by atoms with van der Waals surface area (Å²) in [7, 11) is -2.00. The zero-order chi connectivity index (χ0) is 18.7. The van der Waals surface area contributed by atoms with Gasteiger partial charge >= 0.3 is 0 Å². The molecule has 0 spiro atoms. The Labute approximate surface area is 155 Å². The van der Waals surface area contributed by atoms with E-state index in [1.165, 1.54) is 37.0 Å². The number of nitrogens with one attached hydrogen (secondary N) is 2. The van der Waals surface area contributed by atoms with Crippen LogP contribution in [-0.4, -0.2) is 44.8 Å². The van der Waals surface area contributed by atoms with Crippen molar-refractivity contribution >= 4 is 21.6 Å². The molecule has 142 valence electrons. The van der Waals surface area contributed by atoms with E-state index in [0.29, 0.717) is 17.9 Å². The Balaban J connectivity index is 1.52. The van der Waals surface area contributed by atoms with E-state index in [4.69, 9.17) is 0 Å². The Bertz CT molecular complexity index is 741. The van der Waals surface area contributed by atoms with Crippen molar-refractivity contribution in [1.29, 1.82) is 0 Å². The molecule has 2 fully saturated rings. The molecule has 0 atom stereocenters. The third-order valence-corrected chi connectivity index (χ3v) is 6.83. The van der Waals surface area contributed by atoms with E-state index < -0.39 is 10.0 Å². The molecule has 0 aromatic heterocycles. The summed E-state index contributed by atoms with van der Waals surface area (Å²) in [6.45, 7) is 4.01. The van der Waals surface area contributed by atoms with Crippen LogP contribution in [0.5, 0.6) is 0 Å². The van der Waals surface area contributed by atoms with Gasteiger partial charge in [0.15, 0.2) is 0 Å². The molecular weight excluding hydrogens is 350 g/mol. The second-order valence-electron chi connectivity index (χ2n) is 7.22. The molecule has 2 aliphatic carbocycles. The Morgan fingerprint density at radius 1 is 1.23 bits per heavy atom. The van der Waals surface area contributed by atoms with E-state index in [2.05, 4.69) is 17.2 Å². The molecule has 0 radical (unpaired) electrons. The van der Waals surface area contributed by atoms with Gasteiger partial charge in [-0.25, -0.2) is 8.42 Å². The molecule has 1 aromatic rings. The Morgan fingerprint density at radius 2 is 1.81 bits per heavy atom. The highest BCUT2D eigenvalue weighted by Gasteiger charge is 2.42. The minimum absolute atomic E-state index is 0.00351. The number of hydrogen-bond donors (Lipinski definition) is 2. The second-order valence-corrected chi connectivity index (χ2v) is 9.27. The van der Waals surface area contributed by atoms with Gasteiger partial charge in [0.2, 0.25) is 15.9 Å². The number of carbonyl (C=O) groups excluding carboxylic acids is 1. The summed E-state index contributed by atoms with van der Waals surface area (Å²) < 4.78 is 25.9. The number of nitrogens with zero attached hydrogens (tertiary/aromatic N) is 1. The molecule has 3 rings (SSSR count). The van der Waals surface area contributed by atoms with Crippen molar-refractivity contribution in [2.24, 2.45) is 11.8 Å². The third kappa shape index (κ3) is 4.65. The highest BCUT2D eigenvalue weighted by molar-refractivity contribution is 7.89. The van der Waals surface area contributed by atoms with E-state index in [1.807, 2.05) is 0 Å². The molecule has 26 heavy (non-hydrogen) atoms. The van der Waals surface area contributed by atoms with E-state index in [0.717, 1.165) is 5.69 Å². The van der Waals surface area contributed by atoms with Gasteiger partial charge in [-0.15, -0.1) is 6.58 Å². The maximum Gasteiger partial charge on any atom is 0.243 e. The minimum atomic E-state index is -3.52. The van der Waals surface area contributed by atoms with Crippen molar-refractivity contribution in [2.45, 2.75) is 36.6 Å². The molecule has 0 aliphatic heterocycles. The fourth-order valence-electron chi connectivity index (χ4n) is 3.16. The molecule has 7 heteroatoms. The van der Waals surface area contributed by atoms with Gasteiger partial charge in [-0.1, -0.05) is 6.08 Å². The minimum Gasteiger partial charge on any atom is -0.376 e. The monoisotopic (exact) mass is 377 g/mol. The summed E-state index contributed by atoms with van der Waals surface area (Å²) in [5, 5.41) is 6.23. The lowest BCUT2D eigenvalue weighted by Crippen LogP contribution is -2.41. The van der Waals surface area contributed by atoms with Crippen LogP contribution in [0.3, 0.4) is 0 Å². The van der Waals surface area contributed by atoms with Crippen LogP contribution >= 0.6 is 0 Å². The average molecular weight is 378 g/mol. The summed E-state index contributed by atoms with van der Waals surface area (Å²) in [5.74, 6) is 1.34. The molecule has 2 N–H and O–H groups in total. The molecule has 0 unspecified atom stereocenters. The number of anilines is 1. The quantitative estimate of drug-likeness (QED) is 0.613. The van der Waals surface area contributed by atoms with Crippen LogP contribution in [0.15, 0.2) is 41.8 Å². The Morgan fingerprint density at radius 3 is 2.31 bits per heavy atom. The van der Waals surface area contributed by atoms with Gasteiger partial charge in [-0.2, -0.15) is 4.31 Å². The molecule has 2 aliphatic rings. The van der Waals surface area contributed by atoms with Gasteiger partial charge in [0.05, 0.1) is 11.4 Å². The zero-order valence-electron chi connectivity index (χ0n) is 15.1. The van der Waals surface area contributed by atoms with E-state index in [-0.39, 0.29) is 23.9 Å². The molecule has 1 aromatic carbocycles. The maximum absolute atomic E-state index is 12.4. The van der Waals surface area contributed by atoms with Crippen LogP contribution in [0.1, 0.15) is 25.7 Å². The molecule has 0 heterocycles. The molecule has 0 saturated heterocycles. The first-order valence-electron chi connectivity index (χ1n) is 9.12. The number of rotatable bonds is 10. The summed E-state index contributed by atoms with van der Waals surface area (Å²) in [4.78, 5) is 12.4. The summed E-state index contributed by atoms with van der Waals surface area (Å²) in [6.07, 6.45) is 6.45. The lowest BCUT2D eigenvalue weighted by Gasteiger charge is -2.18. The summed E-state index contributed by atoms with van der Waals surface area (Å²) >= 11 is 0. The first-order chi connectivity index (χ1) is 12.4. The van der Waals surface area contributed by atoms with Crippen LogP contribution in [0.25, 0.3) is 0 Å². The van der Waals surface area contributed by atoms with Gasteiger partial charge in [-0.05, 0) is 61.8 Å². The van der Waals surface area contributed by atoms with Crippen molar-refractivity contribution < 1.29 is 13.2 Å².